The number of ether oxygens (including phenoxy) is 1. The average Bonchev–Trinajstić information content (AvgIpc) is 2.20. The van der Waals surface area contributed by atoms with Gasteiger partial charge < -0.3 is 30.3 Å². The summed E-state index contributed by atoms with van der Waals surface area (Å²) in [5, 5.41) is 47.8. The van der Waals surface area contributed by atoms with Crippen LogP contribution in [0.2, 0.25) is 0 Å². The molecular formula is C9H18O6S. The van der Waals surface area contributed by atoms with Gasteiger partial charge in [0.25, 0.3) is 0 Å². The summed E-state index contributed by atoms with van der Waals surface area (Å²) < 4.78 is 4.86. The molecule has 7 heteroatoms. The van der Waals surface area contributed by atoms with Crippen molar-refractivity contribution in [3.8, 4) is 0 Å². The van der Waals surface area contributed by atoms with E-state index in [0.29, 0.717) is 0 Å². The highest BCUT2D eigenvalue weighted by atomic mass is 32.2. The summed E-state index contributed by atoms with van der Waals surface area (Å²) in [6.45, 7) is 3.00. The second-order valence-corrected chi connectivity index (χ2v) is 5.90. The summed E-state index contributed by atoms with van der Waals surface area (Å²) in [6.07, 6.45) is -5.78. The number of aliphatic hydroxyl groups is 5. The largest absolute Gasteiger partial charge is 0.394 e. The first-order valence-corrected chi connectivity index (χ1v) is 5.91. The number of thioether (sulfide) groups is 1. The van der Waals surface area contributed by atoms with Crippen molar-refractivity contribution >= 4 is 11.8 Å². The first kappa shape index (κ1) is 14.2. The summed E-state index contributed by atoms with van der Waals surface area (Å²) in [7, 11) is 0. The van der Waals surface area contributed by atoms with E-state index in [0.717, 1.165) is 11.8 Å². The molecule has 1 aliphatic rings. The van der Waals surface area contributed by atoms with E-state index >= 15 is 0 Å². The first-order valence-electron chi connectivity index (χ1n) is 5.03. The third-order valence-corrected chi connectivity index (χ3v) is 3.68. The molecule has 0 saturated carbocycles. The Hall–Kier alpha value is 0.110. The van der Waals surface area contributed by atoms with E-state index < -0.39 is 36.1 Å². The molecule has 0 aromatic heterocycles. The van der Waals surface area contributed by atoms with E-state index in [4.69, 9.17) is 9.84 Å². The van der Waals surface area contributed by atoms with E-state index in [1.807, 2.05) is 0 Å². The predicted octanol–water partition coefficient (Wildman–Crippen LogP) is -1.75. The average molecular weight is 254 g/mol. The van der Waals surface area contributed by atoms with Crippen LogP contribution in [0.5, 0.6) is 0 Å². The number of rotatable bonds is 3. The molecule has 0 amide bonds. The van der Waals surface area contributed by atoms with Gasteiger partial charge >= 0.3 is 0 Å². The molecule has 0 bridgehead atoms. The molecule has 96 valence electrons. The van der Waals surface area contributed by atoms with Crippen molar-refractivity contribution in [1.82, 2.24) is 0 Å². The minimum Gasteiger partial charge on any atom is -0.394 e. The Morgan fingerprint density at radius 2 is 1.88 bits per heavy atom. The molecular weight excluding hydrogens is 236 g/mol. The van der Waals surface area contributed by atoms with E-state index in [-0.39, 0.29) is 5.25 Å². The molecule has 1 fully saturated rings. The van der Waals surface area contributed by atoms with Gasteiger partial charge in [-0.05, 0) is 0 Å². The Bertz CT molecular complexity index is 238. The van der Waals surface area contributed by atoms with Gasteiger partial charge in [-0.3, -0.25) is 0 Å². The molecule has 5 N–H and O–H groups in total. The normalized spacial score (nSPS) is 45.0. The molecule has 0 radical (unpaired) electrons. The maximum atomic E-state index is 10.1. The Balaban J connectivity index is 2.86. The molecule has 1 aliphatic heterocycles. The van der Waals surface area contributed by atoms with Crippen LogP contribution < -0.4 is 0 Å². The third-order valence-electron chi connectivity index (χ3n) is 2.39. The van der Waals surface area contributed by atoms with Crippen LogP contribution in [0.1, 0.15) is 13.8 Å². The van der Waals surface area contributed by atoms with Gasteiger partial charge in [0.05, 0.1) is 6.61 Å². The van der Waals surface area contributed by atoms with Crippen molar-refractivity contribution < 1.29 is 30.3 Å². The maximum absolute atomic E-state index is 10.1. The van der Waals surface area contributed by atoms with Crippen LogP contribution in [-0.4, -0.2) is 66.9 Å². The molecule has 1 rings (SSSR count). The zero-order valence-electron chi connectivity index (χ0n) is 9.15. The van der Waals surface area contributed by atoms with Gasteiger partial charge in [-0.1, -0.05) is 13.8 Å². The zero-order valence-corrected chi connectivity index (χ0v) is 9.96. The zero-order chi connectivity index (χ0) is 12.5. The smallest absolute Gasteiger partial charge is 0.196 e. The fourth-order valence-electron chi connectivity index (χ4n) is 1.59. The van der Waals surface area contributed by atoms with Crippen LogP contribution in [-0.2, 0) is 4.74 Å². The quantitative estimate of drug-likeness (QED) is 0.380. The van der Waals surface area contributed by atoms with Crippen molar-refractivity contribution in [1.29, 1.82) is 0 Å². The summed E-state index contributed by atoms with van der Waals surface area (Å²) in [4.78, 5) is -1.99. The lowest BCUT2D eigenvalue weighted by atomic mass is 9.99. The number of aliphatic hydroxyl groups excluding tert-OH is 4. The topological polar surface area (TPSA) is 110 Å². The van der Waals surface area contributed by atoms with Crippen molar-refractivity contribution in [2.45, 2.75) is 48.6 Å². The van der Waals surface area contributed by atoms with Gasteiger partial charge in [-0.2, -0.15) is 0 Å². The second kappa shape index (κ2) is 5.18. The van der Waals surface area contributed by atoms with Crippen LogP contribution in [0.25, 0.3) is 0 Å². The summed E-state index contributed by atoms with van der Waals surface area (Å²) in [6, 6.07) is 0. The molecule has 0 spiro atoms. The molecule has 6 nitrogen and oxygen atoms in total. The van der Waals surface area contributed by atoms with Gasteiger partial charge in [-0.25, -0.2) is 0 Å². The van der Waals surface area contributed by atoms with Crippen LogP contribution in [0.3, 0.4) is 0 Å². The third kappa shape index (κ3) is 2.51. The van der Waals surface area contributed by atoms with Crippen molar-refractivity contribution in [2.75, 3.05) is 6.61 Å². The molecule has 1 unspecified atom stereocenters. The van der Waals surface area contributed by atoms with Gasteiger partial charge in [0, 0.05) is 5.25 Å². The number of hydrogen-bond acceptors (Lipinski definition) is 7. The molecule has 5 atom stereocenters. The standard InChI is InChI=1S/C9H18O6S/c1-4(2)16-9(14)7(12)6(11)5(3-10)15-8(9)13/h4-8,10-14H,3H2,1-2H3/t5-,6+,7+,8?,9-/m1/s1. The van der Waals surface area contributed by atoms with Crippen LogP contribution in [0, 0.1) is 0 Å². The van der Waals surface area contributed by atoms with Gasteiger partial charge in [0.15, 0.2) is 11.2 Å². The van der Waals surface area contributed by atoms with Gasteiger partial charge in [0.2, 0.25) is 0 Å². The van der Waals surface area contributed by atoms with Crippen LogP contribution >= 0.6 is 11.8 Å². The Morgan fingerprint density at radius 1 is 1.31 bits per heavy atom. The summed E-state index contributed by atoms with van der Waals surface area (Å²) in [5.74, 6) is 0. The first-order chi connectivity index (χ1) is 7.32. The van der Waals surface area contributed by atoms with E-state index in [2.05, 4.69) is 0 Å². The van der Waals surface area contributed by atoms with Crippen molar-refractivity contribution in [2.24, 2.45) is 0 Å². The van der Waals surface area contributed by atoms with Crippen molar-refractivity contribution in [3.63, 3.8) is 0 Å². The van der Waals surface area contributed by atoms with E-state index in [1.54, 1.807) is 13.8 Å². The Morgan fingerprint density at radius 3 is 2.31 bits per heavy atom. The molecule has 0 aromatic carbocycles. The lowest BCUT2D eigenvalue weighted by Crippen LogP contribution is -2.65. The molecule has 0 aliphatic carbocycles. The highest BCUT2D eigenvalue weighted by Crippen LogP contribution is 2.39. The fraction of sp³-hybridized carbons (Fsp3) is 1.00. The molecule has 1 heterocycles. The molecule has 1 saturated heterocycles. The van der Waals surface area contributed by atoms with Gasteiger partial charge in [-0.15, -0.1) is 11.8 Å². The van der Waals surface area contributed by atoms with Gasteiger partial charge in [0.1, 0.15) is 18.3 Å². The fourth-order valence-corrected chi connectivity index (χ4v) is 2.80. The minimum absolute atomic E-state index is 0.0734. The van der Waals surface area contributed by atoms with Crippen LogP contribution in [0.15, 0.2) is 0 Å². The summed E-state index contributed by atoms with van der Waals surface area (Å²) >= 11 is 0.899. The van der Waals surface area contributed by atoms with Crippen LogP contribution in [0.4, 0.5) is 0 Å². The van der Waals surface area contributed by atoms with Crippen molar-refractivity contribution in [3.05, 3.63) is 0 Å². The summed E-state index contributed by atoms with van der Waals surface area (Å²) in [5.41, 5.74) is 0. The SMILES string of the molecule is CC(C)S[C@@]1(O)C(O)O[C@H](CO)[C@H](O)[C@@H]1O. The number of hydrogen-bond donors (Lipinski definition) is 5. The highest BCUT2D eigenvalue weighted by Gasteiger charge is 2.55. The lowest BCUT2D eigenvalue weighted by molar-refractivity contribution is -0.299. The molecule has 0 aromatic rings. The van der Waals surface area contributed by atoms with E-state index in [9.17, 15) is 20.4 Å². The Labute approximate surface area is 97.9 Å². The predicted molar refractivity (Wildman–Crippen MR) is 57.7 cm³/mol. The second-order valence-electron chi connectivity index (χ2n) is 4.06. The monoisotopic (exact) mass is 254 g/mol. The lowest BCUT2D eigenvalue weighted by Gasteiger charge is -2.46. The minimum atomic E-state index is -1.99. The molecule has 16 heavy (non-hydrogen) atoms. The van der Waals surface area contributed by atoms with E-state index in [1.165, 1.54) is 0 Å². The maximum Gasteiger partial charge on any atom is 0.196 e. The Kier molecular flexibility index (Phi) is 4.58. The highest BCUT2D eigenvalue weighted by molar-refractivity contribution is 8.01.